The van der Waals surface area contributed by atoms with E-state index in [1.807, 2.05) is 6.07 Å². The predicted molar refractivity (Wildman–Crippen MR) is 95.2 cm³/mol. The lowest BCUT2D eigenvalue weighted by molar-refractivity contribution is -0.120. The zero-order valence-corrected chi connectivity index (χ0v) is 15.1. The quantitative estimate of drug-likeness (QED) is 0.857. The van der Waals surface area contributed by atoms with E-state index in [4.69, 9.17) is 0 Å². The molecule has 0 aromatic heterocycles. The zero-order chi connectivity index (χ0) is 18.6. The number of sulfonamides is 1. The highest BCUT2D eigenvalue weighted by Crippen LogP contribution is 2.18. The Hall–Kier alpha value is -2.25. The average molecular weight is 364 g/mol. The van der Waals surface area contributed by atoms with Gasteiger partial charge in [-0.3, -0.25) is 4.79 Å². The Balaban J connectivity index is 2.30. The first-order valence-corrected chi connectivity index (χ1v) is 9.32. The number of amides is 1. The van der Waals surface area contributed by atoms with Crippen molar-refractivity contribution in [1.82, 2.24) is 4.72 Å². The normalized spacial score (nSPS) is 12.8. The third kappa shape index (κ3) is 4.43. The maximum Gasteiger partial charge on any atom is 0.245 e. The van der Waals surface area contributed by atoms with E-state index in [0.717, 1.165) is 6.07 Å². The lowest BCUT2D eigenvalue weighted by atomic mass is 10.0. The first-order valence-electron chi connectivity index (χ1n) is 7.83. The maximum absolute atomic E-state index is 13.8. The SMILES string of the molecule is CC(C)C(NS(=O)(=O)c1ccccc1F)C(=O)N(C)c1ccccc1. The van der Waals surface area contributed by atoms with E-state index in [2.05, 4.69) is 4.72 Å². The fourth-order valence-corrected chi connectivity index (χ4v) is 3.77. The van der Waals surface area contributed by atoms with E-state index in [9.17, 15) is 17.6 Å². The van der Waals surface area contributed by atoms with Gasteiger partial charge in [-0.25, -0.2) is 12.8 Å². The second-order valence-electron chi connectivity index (χ2n) is 6.01. The average Bonchev–Trinajstić information content (AvgIpc) is 2.59. The second kappa shape index (κ2) is 7.76. The van der Waals surface area contributed by atoms with Crippen LogP contribution in [0.2, 0.25) is 0 Å². The molecule has 0 aliphatic heterocycles. The molecule has 0 radical (unpaired) electrons. The molecule has 0 heterocycles. The number of nitrogens with one attached hydrogen (secondary N) is 1. The Morgan fingerprint density at radius 2 is 1.60 bits per heavy atom. The topological polar surface area (TPSA) is 66.5 Å². The molecular formula is C18H21FN2O3S. The summed E-state index contributed by atoms with van der Waals surface area (Å²) in [7, 11) is -2.59. The minimum Gasteiger partial charge on any atom is -0.314 e. The molecule has 1 atom stereocenters. The Labute approximate surface area is 147 Å². The van der Waals surface area contributed by atoms with Crippen LogP contribution in [0.15, 0.2) is 59.5 Å². The van der Waals surface area contributed by atoms with Crippen molar-refractivity contribution in [3.63, 3.8) is 0 Å². The van der Waals surface area contributed by atoms with Crippen LogP contribution < -0.4 is 9.62 Å². The van der Waals surface area contributed by atoms with Crippen LogP contribution in [0.5, 0.6) is 0 Å². The molecule has 0 fully saturated rings. The number of nitrogens with zero attached hydrogens (tertiary/aromatic N) is 1. The Bertz CT molecular complexity index is 838. The summed E-state index contributed by atoms with van der Waals surface area (Å²) in [6.07, 6.45) is 0. The number of hydrogen-bond acceptors (Lipinski definition) is 3. The van der Waals surface area contributed by atoms with Gasteiger partial charge in [0.2, 0.25) is 15.9 Å². The third-order valence-electron chi connectivity index (χ3n) is 3.82. The number of likely N-dealkylation sites (N-methyl/N-ethyl adjacent to an activating group) is 1. The van der Waals surface area contributed by atoms with E-state index in [1.54, 1.807) is 45.2 Å². The van der Waals surface area contributed by atoms with Crippen molar-refractivity contribution in [3.05, 3.63) is 60.4 Å². The molecule has 0 aliphatic rings. The molecule has 1 unspecified atom stereocenters. The van der Waals surface area contributed by atoms with Crippen molar-refractivity contribution in [3.8, 4) is 0 Å². The number of carbonyl (C=O) groups excluding carboxylic acids is 1. The maximum atomic E-state index is 13.8. The van der Waals surface area contributed by atoms with E-state index in [0.29, 0.717) is 5.69 Å². The summed E-state index contributed by atoms with van der Waals surface area (Å²) in [6.45, 7) is 3.45. The highest BCUT2D eigenvalue weighted by Gasteiger charge is 2.31. The van der Waals surface area contributed by atoms with Gasteiger partial charge in [-0.1, -0.05) is 44.2 Å². The molecule has 2 aromatic carbocycles. The van der Waals surface area contributed by atoms with Gasteiger partial charge in [-0.2, -0.15) is 4.72 Å². The minimum absolute atomic E-state index is 0.319. The summed E-state index contributed by atoms with van der Waals surface area (Å²) in [5, 5.41) is 0. The number of anilines is 1. The lowest BCUT2D eigenvalue weighted by Crippen LogP contribution is -2.50. The van der Waals surface area contributed by atoms with Gasteiger partial charge in [0.15, 0.2) is 0 Å². The lowest BCUT2D eigenvalue weighted by Gasteiger charge is -2.27. The Kier molecular flexibility index (Phi) is 5.92. The molecule has 1 amide bonds. The van der Waals surface area contributed by atoms with Crippen LogP contribution in [0.4, 0.5) is 10.1 Å². The smallest absolute Gasteiger partial charge is 0.245 e. The fourth-order valence-electron chi connectivity index (χ4n) is 2.35. The summed E-state index contributed by atoms with van der Waals surface area (Å²) in [4.78, 5) is 13.7. The number of carbonyl (C=O) groups is 1. The summed E-state index contributed by atoms with van der Waals surface area (Å²) in [5.74, 6) is -1.59. The standard InChI is InChI=1S/C18H21FN2O3S/c1-13(2)17(18(22)21(3)14-9-5-4-6-10-14)20-25(23,24)16-12-8-7-11-15(16)19/h4-13,17,20H,1-3H3. The van der Waals surface area contributed by atoms with Crippen molar-refractivity contribution < 1.29 is 17.6 Å². The van der Waals surface area contributed by atoms with Gasteiger partial charge in [0, 0.05) is 12.7 Å². The van der Waals surface area contributed by atoms with Gasteiger partial charge < -0.3 is 4.90 Å². The van der Waals surface area contributed by atoms with Crippen LogP contribution in [-0.2, 0) is 14.8 Å². The predicted octanol–water partition coefficient (Wildman–Crippen LogP) is 2.79. The fraction of sp³-hybridized carbons (Fsp3) is 0.278. The largest absolute Gasteiger partial charge is 0.314 e. The van der Waals surface area contributed by atoms with Crippen molar-refractivity contribution in [1.29, 1.82) is 0 Å². The first kappa shape index (κ1) is 19.1. The molecule has 2 rings (SSSR count). The van der Waals surface area contributed by atoms with Crippen LogP contribution in [0.3, 0.4) is 0 Å². The molecular weight excluding hydrogens is 343 g/mol. The van der Waals surface area contributed by atoms with E-state index in [-0.39, 0.29) is 5.92 Å². The van der Waals surface area contributed by atoms with Crippen molar-refractivity contribution >= 4 is 21.6 Å². The Morgan fingerprint density at radius 1 is 1.04 bits per heavy atom. The Morgan fingerprint density at radius 3 is 2.16 bits per heavy atom. The number of benzene rings is 2. The van der Waals surface area contributed by atoms with Crippen LogP contribution >= 0.6 is 0 Å². The zero-order valence-electron chi connectivity index (χ0n) is 14.3. The van der Waals surface area contributed by atoms with Gasteiger partial charge in [0.25, 0.3) is 0 Å². The van der Waals surface area contributed by atoms with Crippen LogP contribution in [-0.4, -0.2) is 27.4 Å². The van der Waals surface area contributed by atoms with Gasteiger partial charge in [0.05, 0.1) is 0 Å². The molecule has 5 nitrogen and oxygen atoms in total. The summed E-state index contributed by atoms with van der Waals surface area (Å²) >= 11 is 0. The van der Waals surface area contributed by atoms with E-state index >= 15 is 0 Å². The van der Waals surface area contributed by atoms with E-state index < -0.39 is 32.7 Å². The highest BCUT2D eigenvalue weighted by molar-refractivity contribution is 7.89. The van der Waals surface area contributed by atoms with Gasteiger partial charge >= 0.3 is 0 Å². The van der Waals surface area contributed by atoms with Gasteiger partial charge in [-0.05, 0) is 30.2 Å². The highest BCUT2D eigenvalue weighted by atomic mass is 32.2. The number of para-hydroxylation sites is 1. The minimum atomic E-state index is -4.17. The number of halogens is 1. The molecule has 0 saturated carbocycles. The van der Waals surface area contributed by atoms with Crippen molar-refractivity contribution in [2.24, 2.45) is 5.92 Å². The summed E-state index contributed by atoms with van der Waals surface area (Å²) in [6, 6.07) is 12.9. The molecule has 2 aromatic rings. The molecule has 1 N–H and O–H groups in total. The second-order valence-corrected chi connectivity index (χ2v) is 7.69. The third-order valence-corrected chi connectivity index (χ3v) is 5.29. The number of rotatable bonds is 6. The van der Waals surface area contributed by atoms with Crippen LogP contribution in [0, 0.1) is 11.7 Å². The van der Waals surface area contributed by atoms with Gasteiger partial charge in [0.1, 0.15) is 16.8 Å². The van der Waals surface area contributed by atoms with Crippen molar-refractivity contribution in [2.45, 2.75) is 24.8 Å². The first-order chi connectivity index (χ1) is 11.7. The van der Waals surface area contributed by atoms with Crippen molar-refractivity contribution in [2.75, 3.05) is 11.9 Å². The molecule has 0 bridgehead atoms. The van der Waals surface area contributed by atoms with E-state index in [1.165, 1.54) is 23.1 Å². The number of hydrogen-bond donors (Lipinski definition) is 1. The molecule has 0 aliphatic carbocycles. The molecule has 25 heavy (non-hydrogen) atoms. The summed E-state index contributed by atoms with van der Waals surface area (Å²) < 4.78 is 41.2. The summed E-state index contributed by atoms with van der Waals surface area (Å²) in [5.41, 5.74) is 0.642. The van der Waals surface area contributed by atoms with Crippen LogP contribution in [0.1, 0.15) is 13.8 Å². The molecule has 7 heteroatoms. The molecule has 134 valence electrons. The van der Waals surface area contributed by atoms with Crippen LogP contribution in [0.25, 0.3) is 0 Å². The monoisotopic (exact) mass is 364 g/mol. The molecule has 0 saturated heterocycles. The van der Waals surface area contributed by atoms with Gasteiger partial charge in [-0.15, -0.1) is 0 Å². The molecule has 0 spiro atoms.